The second kappa shape index (κ2) is 10.2. The molecule has 0 spiro atoms. The molecule has 2 N–H and O–H groups in total. The van der Waals surface area contributed by atoms with Gasteiger partial charge in [-0.05, 0) is 87.7 Å². The monoisotopic (exact) mass is 442 g/mol. The number of nitrogens with one attached hydrogen (secondary N) is 2. The number of aromatic amines is 1. The normalized spacial score (nSPS) is 11.2. The molecular weight excluding hydrogens is 412 g/mol. The van der Waals surface area contributed by atoms with Crippen molar-refractivity contribution in [2.24, 2.45) is 0 Å². The molecule has 30 heavy (non-hydrogen) atoms. The molecule has 160 valence electrons. The highest BCUT2D eigenvalue weighted by Crippen LogP contribution is 2.19. The van der Waals surface area contributed by atoms with E-state index in [1.165, 1.54) is 10.4 Å². The highest BCUT2D eigenvalue weighted by molar-refractivity contribution is 7.80. The van der Waals surface area contributed by atoms with Gasteiger partial charge in [0.25, 0.3) is 5.56 Å². The fourth-order valence-corrected chi connectivity index (χ4v) is 4.50. The van der Waals surface area contributed by atoms with Crippen molar-refractivity contribution in [3.63, 3.8) is 0 Å². The number of benzene rings is 1. The number of fused-ring (bicyclic) bond motifs is 1. The third-order valence-corrected chi connectivity index (χ3v) is 6.27. The standard InChI is InChI=1S/C23H30N4OS2/c1-16-11-17(2)21-18(12-16)13-19(22(28)25-21)14-27(15-20-7-5-10-30-20)23(29)24-8-6-9-26(3)4/h5,7,10-13H,6,8-9,14-15H2,1-4H3,(H,24,29)(H,25,28). The van der Waals surface area contributed by atoms with Gasteiger partial charge in [0, 0.05) is 17.0 Å². The van der Waals surface area contributed by atoms with Gasteiger partial charge in [-0.2, -0.15) is 0 Å². The molecule has 2 aromatic heterocycles. The lowest BCUT2D eigenvalue weighted by molar-refractivity contribution is 0.385. The second-order valence-corrected chi connectivity index (χ2v) is 9.41. The van der Waals surface area contributed by atoms with Gasteiger partial charge in [0.1, 0.15) is 0 Å². The highest BCUT2D eigenvalue weighted by Gasteiger charge is 2.15. The fourth-order valence-electron chi connectivity index (χ4n) is 3.55. The van der Waals surface area contributed by atoms with Crippen LogP contribution in [0.4, 0.5) is 0 Å². The molecule has 0 fully saturated rings. The molecule has 2 heterocycles. The molecule has 0 saturated heterocycles. The molecule has 0 amide bonds. The number of rotatable bonds is 8. The predicted octanol–water partition coefficient (Wildman–Crippen LogP) is 4.03. The van der Waals surface area contributed by atoms with Crippen molar-refractivity contribution < 1.29 is 0 Å². The van der Waals surface area contributed by atoms with E-state index in [4.69, 9.17) is 12.2 Å². The molecule has 3 rings (SSSR count). The second-order valence-electron chi connectivity index (χ2n) is 7.99. The van der Waals surface area contributed by atoms with Crippen LogP contribution in [0.15, 0.2) is 40.5 Å². The van der Waals surface area contributed by atoms with E-state index in [0.29, 0.717) is 18.2 Å². The maximum atomic E-state index is 12.8. The quantitative estimate of drug-likeness (QED) is 0.407. The van der Waals surface area contributed by atoms with Crippen LogP contribution in [0.5, 0.6) is 0 Å². The van der Waals surface area contributed by atoms with Gasteiger partial charge in [0.05, 0.1) is 18.6 Å². The molecule has 0 unspecified atom stereocenters. The first-order valence-corrected chi connectivity index (χ1v) is 11.5. The maximum absolute atomic E-state index is 12.8. The van der Waals surface area contributed by atoms with Crippen molar-refractivity contribution in [1.29, 1.82) is 0 Å². The summed E-state index contributed by atoms with van der Waals surface area (Å²) in [5.41, 5.74) is 3.85. The Morgan fingerprint density at radius 1 is 1.20 bits per heavy atom. The Bertz CT molecular complexity index is 1060. The lowest BCUT2D eigenvalue weighted by atomic mass is 10.1. The number of thiophene rings is 1. The van der Waals surface area contributed by atoms with Crippen molar-refractivity contribution in [3.05, 3.63) is 67.6 Å². The van der Waals surface area contributed by atoms with E-state index in [-0.39, 0.29) is 5.56 Å². The lowest BCUT2D eigenvalue weighted by Gasteiger charge is -2.25. The molecule has 0 atom stereocenters. The molecule has 0 bridgehead atoms. The zero-order chi connectivity index (χ0) is 21.7. The average Bonchev–Trinajstić information content (AvgIpc) is 3.18. The van der Waals surface area contributed by atoms with Gasteiger partial charge in [-0.3, -0.25) is 4.79 Å². The van der Waals surface area contributed by atoms with E-state index >= 15 is 0 Å². The van der Waals surface area contributed by atoms with Crippen LogP contribution >= 0.6 is 23.6 Å². The number of H-pyrrole nitrogens is 1. The van der Waals surface area contributed by atoms with E-state index in [9.17, 15) is 4.79 Å². The Balaban J connectivity index is 1.82. The topological polar surface area (TPSA) is 51.4 Å². The largest absolute Gasteiger partial charge is 0.363 e. The summed E-state index contributed by atoms with van der Waals surface area (Å²) in [5.74, 6) is 0. The number of nitrogens with zero attached hydrogens (tertiary/aromatic N) is 2. The summed E-state index contributed by atoms with van der Waals surface area (Å²) in [6, 6.07) is 10.4. The predicted molar refractivity (Wildman–Crippen MR) is 131 cm³/mol. The third-order valence-electron chi connectivity index (χ3n) is 5.00. The smallest absolute Gasteiger partial charge is 0.253 e. The zero-order valence-corrected chi connectivity index (χ0v) is 19.8. The van der Waals surface area contributed by atoms with Crippen LogP contribution in [0.1, 0.15) is 28.0 Å². The number of hydrogen-bond acceptors (Lipinski definition) is 4. The zero-order valence-electron chi connectivity index (χ0n) is 18.1. The van der Waals surface area contributed by atoms with E-state index in [1.54, 1.807) is 11.3 Å². The Morgan fingerprint density at radius 2 is 2.00 bits per heavy atom. The van der Waals surface area contributed by atoms with Crippen LogP contribution in [-0.2, 0) is 13.1 Å². The molecule has 1 aromatic carbocycles. The van der Waals surface area contributed by atoms with Gasteiger partial charge in [0.15, 0.2) is 5.11 Å². The van der Waals surface area contributed by atoms with Crippen molar-refractivity contribution in [2.75, 3.05) is 27.2 Å². The minimum absolute atomic E-state index is 0.0546. The summed E-state index contributed by atoms with van der Waals surface area (Å²) in [6.07, 6.45) is 1.01. The van der Waals surface area contributed by atoms with E-state index in [1.807, 2.05) is 19.1 Å². The molecule has 0 aliphatic rings. The van der Waals surface area contributed by atoms with Gasteiger partial charge in [0.2, 0.25) is 0 Å². The summed E-state index contributed by atoms with van der Waals surface area (Å²) < 4.78 is 0. The van der Waals surface area contributed by atoms with Crippen LogP contribution in [0.3, 0.4) is 0 Å². The minimum Gasteiger partial charge on any atom is -0.363 e. The van der Waals surface area contributed by atoms with Crippen LogP contribution in [0.25, 0.3) is 10.9 Å². The van der Waals surface area contributed by atoms with Gasteiger partial charge >= 0.3 is 0 Å². The van der Waals surface area contributed by atoms with Crippen LogP contribution in [0, 0.1) is 13.8 Å². The summed E-state index contributed by atoms with van der Waals surface area (Å²) in [6.45, 7) is 7.07. The molecule has 5 nitrogen and oxygen atoms in total. The number of thiocarbonyl (C=S) groups is 1. The summed E-state index contributed by atoms with van der Waals surface area (Å²) in [7, 11) is 4.13. The molecule has 3 aromatic rings. The fraction of sp³-hybridized carbons (Fsp3) is 0.391. The molecule has 7 heteroatoms. The third kappa shape index (κ3) is 5.90. The Kier molecular flexibility index (Phi) is 7.64. The Morgan fingerprint density at radius 3 is 2.70 bits per heavy atom. The number of aryl methyl sites for hydroxylation is 2. The van der Waals surface area contributed by atoms with Crippen molar-refractivity contribution in [1.82, 2.24) is 20.1 Å². The maximum Gasteiger partial charge on any atom is 0.253 e. The van der Waals surface area contributed by atoms with Crippen LogP contribution < -0.4 is 10.9 Å². The average molecular weight is 443 g/mol. The van der Waals surface area contributed by atoms with Crippen LogP contribution in [0.2, 0.25) is 0 Å². The molecular formula is C23H30N4OS2. The van der Waals surface area contributed by atoms with Gasteiger partial charge < -0.3 is 20.1 Å². The summed E-state index contributed by atoms with van der Waals surface area (Å²) in [5, 5.41) is 7.17. The van der Waals surface area contributed by atoms with E-state index in [0.717, 1.165) is 41.5 Å². The van der Waals surface area contributed by atoms with Gasteiger partial charge in [-0.25, -0.2) is 0 Å². The van der Waals surface area contributed by atoms with Crippen LogP contribution in [-0.4, -0.2) is 47.1 Å². The van der Waals surface area contributed by atoms with E-state index < -0.39 is 0 Å². The number of aromatic nitrogens is 1. The number of pyridine rings is 1. The molecule has 0 radical (unpaired) electrons. The summed E-state index contributed by atoms with van der Waals surface area (Å²) in [4.78, 5) is 21.3. The molecule has 0 aliphatic carbocycles. The van der Waals surface area contributed by atoms with Crippen molar-refractivity contribution >= 4 is 39.6 Å². The van der Waals surface area contributed by atoms with Crippen molar-refractivity contribution in [2.45, 2.75) is 33.4 Å². The first kappa shape index (κ1) is 22.5. The Hall–Kier alpha value is -2.22. The highest BCUT2D eigenvalue weighted by atomic mass is 32.1. The van der Waals surface area contributed by atoms with Crippen molar-refractivity contribution in [3.8, 4) is 0 Å². The van der Waals surface area contributed by atoms with Gasteiger partial charge in [-0.15, -0.1) is 11.3 Å². The molecule has 0 saturated carbocycles. The van der Waals surface area contributed by atoms with E-state index in [2.05, 4.69) is 64.7 Å². The SMILES string of the molecule is Cc1cc(C)c2[nH]c(=O)c(CN(Cc3cccs3)C(=S)NCCCN(C)C)cc2c1. The van der Waals surface area contributed by atoms with Gasteiger partial charge in [-0.1, -0.05) is 17.7 Å². The lowest BCUT2D eigenvalue weighted by Crippen LogP contribution is -2.40. The molecule has 0 aliphatic heterocycles. The Labute approximate surface area is 187 Å². The summed E-state index contributed by atoms with van der Waals surface area (Å²) >= 11 is 7.40. The number of hydrogen-bond donors (Lipinski definition) is 2. The first-order valence-electron chi connectivity index (χ1n) is 10.2. The minimum atomic E-state index is -0.0546. The first-order chi connectivity index (χ1) is 14.3.